The van der Waals surface area contributed by atoms with Crippen LogP contribution < -0.4 is 10.6 Å². The van der Waals surface area contributed by atoms with E-state index in [1.54, 1.807) is 4.90 Å². The maximum atomic E-state index is 12.2. The fraction of sp³-hybridized carbons (Fsp3) is 0.533. The number of carbonyl (C=O) groups is 1. The summed E-state index contributed by atoms with van der Waals surface area (Å²) in [6.07, 6.45) is 4.30. The minimum absolute atomic E-state index is 0.00625. The van der Waals surface area contributed by atoms with Gasteiger partial charge in [-0.2, -0.15) is 0 Å². The number of nitrogens with zero attached hydrogens (tertiary/aromatic N) is 1. The van der Waals surface area contributed by atoms with Crippen LogP contribution in [0.3, 0.4) is 0 Å². The van der Waals surface area contributed by atoms with Crippen LogP contribution in [0, 0.1) is 5.92 Å². The van der Waals surface area contributed by atoms with Crippen molar-refractivity contribution in [2.24, 2.45) is 11.7 Å². The Labute approximate surface area is 109 Å². The highest BCUT2D eigenvalue weighted by molar-refractivity contribution is 5.94. The topological polar surface area (TPSA) is 46.3 Å². The van der Waals surface area contributed by atoms with Crippen molar-refractivity contribution in [1.29, 1.82) is 0 Å². The first-order valence-electron chi connectivity index (χ1n) is 6.73. The van der Waals surface area contributed by atoms with Crippen LogP contribution >= 0.6 is 0 Å². The van der Waals surface area contributed by atoms with Crippen molar-refractivity contribution in [3.8, 4) is 0 Å². The molecule has 2 N–H and O–H groups in total. The van der Waals surface area contributed by atoms with Crippen LogP contribution in [0.4, 0.5) is 5.69 Å². The summed E-state index contributed by atoms with van der Waals surface area (Å²) in [5.41, 5.74) is 9.35. The molecule has 1 aliphatic rings. The molecule has 1 aromatic rings. The minimum atomic E-state index is -0.00625. The molecular formula is C15H22N2O. The molecule has 1 aromatic carbocycles. The second-order valence-electron chi connectivity index (χ2n) is 5.18. The standard InChI is InChI=1S/C15H22N2O/c1-11(8-9-16)15(18)17(2)14-7-6-12-4-3-5-13(12)10-14/h6-7,10-11H,3-5,8-9,16H2,1-2H3. The second kappa shape index (κ2) is 5.53. The van der Waals surface area contributed by atoms with Gasteiger partial charge in [0, 0.05) is 18.7 Å². The Balaban J connectivity index is 2.13. The SMILES string of the molecule is CC(CCN)C(=O)N(C)c1ccc2c(c1)CCC2. The Hall–Kier alpha value is -1.35. The normalized spacial score (nSPS) is 15.3. The number of aryl methyl sites for hydroxylation is 2. The van der Waals surface area contributed by atoms with Crippen LogP contribution in [0.25, 0.3) is 0 Å². The predicted molar refractivity (Wildman–Crippen MR) is 74.7 cm³/mol. The predicted octanol–water partition coefficient (Wildman–Crippen LogP) is 2.12. The van der Waals surface area contributed by atoms with Crippen molar-refractivity contribution in [3.05, 3.63) is 29.3 Å². The summed E-state index contributed by atoms with van der Waals surface area (Å²) < 4.78 is 0. The highest BCUT2D eigenvalue weighted by Crippen LogP contribution is 2.27. The Bertz CT molecular complexity index is 442. The van der Waals surface area contributed by atoms with Gasteiger partial charge in [0.25, 0.3) is 0 Å². The number of carbonyl (C=O) groups excluding carboxylic acids is 1. The number of hydrogen-bond donors (Lipinski definition) is 1. The van der Waals surface area contributed by atoms with Crippen LogP contribution in [0.2, 0.25) is 0 Å². The number of fused-ring (bicyclic) bond motifs is 1. The fourth-order valence-corrected chi connectivity index (χ4v) is 2.60. The number of rotatable bonds is 4. The summed E-state index contributed by atoms with van der Waals surface area (Å²) in [6.45, 7) is 2.50. The van der Waals surface area contributed by atoms with E-state index in [1.165, 1.54) is 24.0 Å². The lowest BCUT2D eigenvalue weighted by atomic mass is 10.1. The zero-order valence-electron chi connectivity index (χ0n) is 11.3. The maximum Gasteiger partial charge on any atom is 0.229 e. The smallest absolute Gasteiger partial charge is 0.229 e. The van der Waals surface area contributed by atoms with E-state index in [-0.39, 0.29) is 11.8 Å². The molecule has 18 heavy (non-hydrogen) atoms. The molecule has 1 aliphatic carbocycles. The molecule has 0 saturated heterocycles. The van der Waals surface area contributed by atoms with E-state index in [2.05, 4.69) is 18.2 Å². The van der Waals surface area contributed by atoms with Crippen molar-refractivity contribution in [2.75, 3.05) is 18.5 Å². The maximum absolute atomic E-state index is 12.2. The zero-order chi connectivity index (χ0) is 13.1. The molecule has 0 radical (unpaired) electrons. The number of benzene rings is 1. The van der Waals surface area contributed by atoms with E-state index < -0.39 is 0 Å². The van der Waals surface area contributed by atoms with E-state index in [9.17, 15) is 4.79 Å². The number of anilines is 1. The zero-order valence-corrected chi connectivity index (χ0v) is 11.3. The summed E-state index contributed by atoms with van der Waals surface area (Å²) in [6, 6.07) is 6.38. The first-order chi connectivity index (χ1) is 8.63. The van der Waals surface area contributed by atoms with Gasteiger partial charge in [-0.1, -0.05) is 13.0 Å². The largest absolute Gasteiger partial charge is 0.330 e. The number of hydrogen-bond acceptors (Lipinski definition) is 2. The van der Waals surface area contributed by atoms with Crippen molar-refractivity contribution >= 4 is 11.6 Å². The molecule has 98 valence electrons. The van der Waals surface area contributed by atoms with Crippen LogP contribution in [-0.4, -0.2) is 19.5 Å². The summed E-state index contributed by atoms with van der Waals surface area (Å²) in [5, 5.41) is 0. The van der Waals surface area contributed by atoms with Gasteiger partial charge in [-0.3, -0.25) is 4.79 Å². The fourth-order valence-electron chi connectivity index (χ4n) is 2.60. The van der Waals surface area contributed by atoms with Crippen molar-refractivity contribution in [1.82, 2.24) is 0 Å². The van der Waals surface area contributed by atoms with Gasteiger partial charge in [-0.15, -0.1) is 0 Å². The minimum Gasteiger partial charge on any atom is -0.330 e. The van der Waals surface area contributed by atoms with Gasteiger partial charge in [0.15, 0.2) is 0 Å². The van der Waals surface area contributed by atoms with Gasteiger partial charge in [0.05, 0.1) is 0 Å². The quantitative estimate of drug-likeness (QED) is 0.884. The highest BCUT2D eigenvalue weighted by atomic mass is 16.2. The van der Waals surface area contributed by atoms with E-state index in [0.29, 0.717) is 6.54 Å². The average molecular weight is 246 g/mol. The molecule has 3 heteroatoms. The van der Waals surface area contributed by atoms with Gasteiger partial charge in [-0.05, 0) is 55.5 Å². The van der Waals surface area contributed by atoms with E-state index in [1.807, 2.05) is 14.0 Å². The molecule has 0 heterocycles. The van der Waals surface area contributed by atoms with E-state index in [4.69, 9.17) is 5.73 Å². The molecule has 0 fully saturated rings. The first-order valence-corrected chi connectivity index (χ1v) is 6.73. The molecule has 1 atom stereocenters. The van der Waals surface area contributed by atoms with Crippen LogP contribution in [0.15, 0.2) is 18.2 Å². The third kappa shape index (κ3) is 2.56. The summed E-state index contributed by atoms with van der Waals surface area (Å²) >= 11 is 0. The molecule has 2 rings (SSSR count). The highest BCUT2D eigenvalue weighted by Gasteiger charge is 2.19. The van der Waals surface area contributed by atoms with Gasteiger partial charge in [0.2, 0.25) is 5.91 Å². The van der Waals surface area contributed by atoms with Crippen molar-refractivity contribution in [3.63, 3.8) is 0 Å². The monoisotopic (exact) mass is 246 g/mol. The van der Waals surface area contributed by atoms with E-state index >= 15 is 0 Å². The Kier molecular flexibility index (Phi) is 4.02. The molecule has 0 aliphatic heterocycles. The Morgan fingerprint density at radius 1 is 1.39 bits per heavy atom. The molecule has 0 bridgehead atoms. The summed E-state index contributed by atoms with van der Waals surface area (Å²) in [4.78, 5) is 14.0. The molecule has 1 unspecified atom stereocenters. The lowest BCUT2D eigenvalue weighted by Gasteiger charge is -2.22. The van der Waals surface area contributed by atoms with Gasteiger partial charge < -0.3 is 10.6 Å². The molecular weight excluding hydrogens is 224 g/mol. The van der Waals surface area contributed by atoms with Gasteiger partial charge in [-0.25, -0.2) is 0 Å². The average Bonchev–Trinajstić information content (AvgIpc) is 2.84. The second-order valence-corrected chi connectivity index (χ2v) is 5.18. The lowest BCUT2D eigenvalue weighted by molar-refractivity contribution is -0.121. The van der Waals surface area contributed by atoms with Crippen LogP contribution in [0.5, 0.6) is 0 Å². The Morgan fingerprint density at radius 3 is 2.83 bits per heavy atom. The third-order valence-corrected chi connectivity index (χ3v) is 3.82. The lowest BCUT2D eigenvalue weighted by Crippen LogP contribution is -2.32. The van der Waals surface area contributed by atoms with Crippen molar-refractivity contribution in [2.45, 2.75) is 32.6 Å². The molecule has 0 saturated carbocycles. The van der Waals surface area contributed by atoms with Crippen LogP contribution in [0.1, 0.15) is 30.9 Å². The van der Waals surface area contributed by atoms with Crippen molar-refractivity contribution < 1.29 is 4.79 Å². The van der Waals surface area contributed by atoms with Gasteiger partial charge >= 0.3 is 0 Å². The van der Waals surface area contributed by atoms with Crippen LogP contribution in [-0.2, 0) is 17.6 Å². The third-order valence-electron chi connectivity index (χ3n) is 3.82. The Morgan fingerprint density at radius 2 is 2.11 bits per heavy atom. The summed E-state index contributed by atoms with van der Waals surface area (Å²) in [7, 11) is 1.85. The molecule has 0 aromatic heterocycles. The summed E-state index contributed by atoms with van der Waals surface area (Å²) in [5.74, 6) is 0.145. The molecule has 1 amide bonds. The number of amides is 1. The van der Waals surface area contributed by atoms with Gasteiger partial charge in [0.1, 0.15) is 0 Å². The molecule has 3 nitrogen and oxygen atoms in total. The number of nitrogens with two attached hydrogens (primary N) is 1. The van der Waals surface area contributed by atoms with E-state index in [0.717, 1.165) is 18.5 Å². The molecule has 0 spiro atoms. The first kappa shape index (κ1) is 13.1.